The Labute approximate surface area is 127 Å². The summed E-state index contributed by atoms with van der Waals surface area (Å²) in [6, 6.07) is 0. The van der Waals surface area contributed by atoms with Crippen molar-refractivity contribution in [2.75, 3.05) is 6.54 Å². The van der Waals surface area contributed by atoms with Crippen molar-refractivity contribution < 1.29 is 34.0 Å². The number of β-lactam (4-membered cyclic amide) rings is 1. The molecule has 8 heteroatoms. The molecule has 4 rings (SSSR count). The fourth-order valence-electron chi connectivity index (χ4n) is 3.71. The van der Waals surface area contributed by atoms with E-state index in [2.05, 4.69) is 0 Å². The Bertz CT molecular complexity index is 530. The topological polar surface area (TPSA) is 97.7 Å². The van der Waals surface area contributed by atoms with Crippen LogP contribution in [-0.4, -0.2) is 75.4 Å². The van der Waals surface area contributed by atoms with Crippen molar-refractivity contribution in [2.45, 2.75) is 75.5 Å². The van der Waals surface area contributed by atoms with Gasteiger partial charge in [0.15, 0.2) is 18.3 Å². The first-order valence-corrected chi connectivity index (χ1v) is 7.47. The van der Waals surface area contributed by atoms with Crippen molar-refractivity contribution in [3.63, 3.8) is 0 Å². The van der Waals surface area contributed by atoms with Crippen LogP contribution >= 0.6 is 0 Å². The fraction of sp³-hybridized carbons (Fsp3) is 0.929. The third-order valence-electron chi connectivity index (χ3n) is 4.91. The molecule has 8 nitrogen and oxygen atoms in total. The summed E-state index contributed by atoms with van der Waals surface area (Å²) in [4.78, 5) is 13.6. The van der Waals surface area contributed by atoms with E-state index in [9.17, 15) is 15.0 Å². The average Bonchev–Trinajstić information content (AvgIpc) is 2.86. The highest BCUT2D eigenvalue weighted by Gasteiger charge is 2.72. The summed E-state index contributed by atoms with van der Waals surface area (Å²) in [5, 5.41) is 20.7. The molecule has 0 radical (unpaired) electrons. The van der Waals surface area contributed by atoms with Crippen LogP contribution in [0, 0.1) is 0 Å². The average molecular weight is 315 g/mol. The van der Waals surface area contributed by atoms with Crippen LogP contribution in [0.15, 0.2) is 0 Å². The molecular weight excluding hydrogens is 294 g/mol. The zero-order valence-electron chi connectivity index (χ0n) is 13.0. The van der Waals surface area contributed by atoms with Gasteiger partial charge in [0.1, 0.15) is 23.9 Å². The summed E-state index contributed by atoms with van der Waals surface area (Å²) < 4.78 is 23.1. The maximum atomic E-state index is 12.2. The van der Waals surface area contributed by atoms with Crippen LogP contribution in [0.3, 0.4) is 0 Å². The number of ether oxygens (including phenoxy) is 4. The van der Waals surface area contributed by atoms with Gasteiger partial charge in [0.05, 0.1) is 6.54 Å². The Kier molecular flexibility index (Phi) is 2.69. The molecule has 0 spiro atoms. The standard InChI is InChI=1S/C14H21NO7/c1-12(2,17)14(18)10(16)15-5-6-7(20-11(14)15)8-9(19-6)22-13(3,4)21-8/h6-9,11,17-18H,5H2,1-4H3/t6-,7+,8-,9-,11+,14+/m1/s1. The largest absolute Gasteiger partial charge is 0.387 e. The molecule has 4 heterocycles. The number of aliphatic hydroxyl groups is 2. The highest BCUT2D eigenvalue weighted by atomic mass is 16.8. The number of fused-ring (bicyclic) bond motifs is 4. The van der Waals surface area contributed by atoms with Gasteiger partial charge in [0.2, 0.25) is 5.60 Å². The zero-order chi connectivity index (χ0) is 16.1. The molecular formula is C14H21NO7. The first-order valence-electron chi connectivity index (χ1n) is 7.47. The van der Waals surface area contributed by atoms with Crippen LogP contribution < -0.4 is 0 Å². The van der Waals surface area contributed by atoms with E-state index in [1.807, 2.05) is 0 Å². The number of carbonyl (C=O) groups is 1. The van der Waals surface area contributed by atoms with Gasteiger partial charge < -0.3 is 34.1 Å². The maximum absolute atomic E-state index is 12.2. The smallest absolute Gasteiger partial charge is 0.264 e. The number of hydrogen-bond donors (Lipinski definition) is 2. The second kappa shape index (κ2) is 4.00. The summed E-state index contributed by atoms with van der Waals surface area (Å²) in [5.41, 5.74) is -3.56. The van der Waals surface area contributed by atoms with Gasteiger partial charge in [-0.25, -0.2) is 0 Å². The molecule has 4 aliphatic heterocycles. The zero-order valence-corrected chi connectivity index (χ0v) is 13.0. The predicted octanol–water partition coefficient (Wildman–Crippen LogP) is -1.07. The van der Waals surface area contributed by atoms with Crippen molar-refractivity contribution in [2.24, 2.45) is 0 Å². The van der Waals surface area contributed by atoms with E-state index in [-0.39, 0.29) is 12.6 Å². The second-order valence-corrected chi connectivity index (χ2v) is 7.38. The molecule has 6 atom stereocenters. The number of carbonyl (C=O) groups excluding carboxylic acids is 1. The SMILES string of the molecule is CC1(C)O[C@H]2O[C@@H]3CN4C(=O)[C@@](O)(C(C)(C)O)[C@@H]4O[C@@H]3[C@H]2O1. The maximum Gasteiger partial charge on any atom is 0.264 e. The van der Waals surface area contributed by atoms with Gasteiger partial charge in [-0.15, -0.1) is 0 Å². The Morgan fingerprint density at radius 1 is 1.23 bits per heavy atom. The number of rotatable bonds is 1. The lowest BCUT2D eigenvalue weighted by molar-refractivity contribution is -0.329. The van der Waals surface area contributed by atoms with Crippen LogP contribution in [0.1, 0.15) is 27.7 Å². The van der Waals surface area contributed by atoms with Crippen LogP contribution in [0.25, 0.3) is 0 Å². The van der Waals surface area contributed by atoms with Gasteiger partial charge >= 0.3 is 0 Å². The molecule has 2 N–H and O–H groups in total. The van der Waals surface area contributed by atoms with Crippen LogP contribution in [-0.2, 0) is 23.7 Å². The molecule has 0 aliphatic carbocycles. The Morgan fingerprint density at radius 3 is 2.55 bits per heavy atom. The first-order chi connectivity index (χ1) is 10.0. The Balaban J connectivity index is 1.59. The molecule has 4 aliphatic rings. The van der Waals surface area contributed by atoms with E-state index in [1.54, 1.807) is 13.8 Å². The normalized spacial score (nSPS) is 49.5. The monoisotopic (exact) mass is 315 g/mol. The van der Waals surface area contributed by atoms with E-state index in [0.717, 1.165) is 0 Å². The van der Waals surface area contributed by atoms with E-state index in [1.165, 1.54) is 18.7 Å². The molecule has 22 heavy (non-hydrogen) atoms. The summed E-state index contributed by atoms with van der Waals surface area (Å²) in [6.45, 7) is 6.65. The van der Waals surface area contributed by atoms with E-state index < -0.39 is 47.6 Å². The molecule has 0 aromatic carbocycles. The van der Waals surface area contributed by atoms with Crippen LogP contribution in [0.4, 0.5) is 0 Å². The van der Waals surface area contributed by atoms with Gasteiger partial charge in [-0.2, -0.15) is 0 Å². The molecule has 0 saturated carbocycles. The third kappa shape index (κ3) is 1.65. The van der Waals surface area contributed by atoms with Crippen LogP contribution in [0.5, 0.6) is 0 Å². The highest BCUT2D eigenvalue weighted by Crippen LogP contribution is 2.48. The van der Waals surface area contributed by atoms with Crippen molar-refractivity contribution in [1.29, 1.82) is 0 Å². The molecule has 0 aromatic rings. The summed E-state index contributed by atoms with van der Waals surface area (Å²) in [6.07, 6.45) is -2.68. The van der Waals surface area contributed by atoms with Crippen molar-refractivity contribution in [3.8, 4) is 0 Å². The second-order valence-electron chi connectivity index (χ2n) is 7.38. The van der Waals surface area contributed by atoms with E-state index >= 15 is 0 Å². The van der Waals surface area contributed by atoms with Gasteiger partial charge in [0, 0.05) is 0 Å². The quantitative estimate of drug-likeness (QED) is 0.595. The lowest BCUT2D eigenvalue weighted by Crippen LogP contribution is -2.84. The number of nitrogens with zero attached hydrogens (tertiary/aromatic N) is 1. The van der Waals surface area contributed by atoms with Crippen molar-refractivity contribution >= 4 is 5.91 Å². The van der Waals surface area contributed by atoms with E-state index in [4.69, 9.17) is 18.9 Å². The molecule has 4 saturated heterocycles. The molecule has 1 amide bonds. The summed E-state index contributed by atoms with van der Waals surface area (Å²) >= 11 is 0. The summed E-state index contributed by atoms with van der Waals surface area (Å²) in [5.74, 6) is -1.31. The van der Waals surface area contributed by atoms with Gasteiger partial charge in [-0.1, -0.05) is 0 Å². The minimum Gasteiger partial charge on any atom is -0.387 e. The first kappa shape index (κ1) is 14.8. The van der Waals surface area contributed by atoms with Gasteiger partial charge in [-0.3, -0.25) is 4.79 Å². The fourth-order valence-corrected chi connectivity index (χ4v) is 3.71. The minimum absolute atomic E-state index is 0.284. The molecule has 124 valence electrons. The third-order valence-corrected chi connectivity index (χ3v) is 4.91. The lowest BCUT2D eigenvalue weighted by Gasteiger charge is -2.60. The number of hydrogen-bond acceptors (Lipinski definition) is 7. The lowest BCUT2D eigenvalue weighted by atomic mass is 9.75. The molecule has 0 bridgehead atoms. The Hall–Kier alpha value is -0.770. The van der Waals surface area contributed by atoms with Crippen LogP contribution in [0.2, 0.25) is 0 Å². The van der Waals surface area contributed by atoms with Crippen molar-refractivity contribution in [3.05, 3.63) is 0 Å². The Morgan fingerprint density at radius 2 is 1.91 bits per heavy atom. The van der Waals surface area contributed by atoms with Gasteiger partial charge in [0.25, 0.3) is 5.91 Å². The predicted molar refractivity (Wildman–Crippen MR) is 70.3 cm³/mol. The minimum atomic E-state index is -1.95. The molecule has 4 fully saturated rings. The highest BCUT2D eigenvalue weighted by molar-refractivity contribution is 5.93. The molecule has 0 aromatic heterocycles. The molecule has 0 unspecified atom stereocenters. The number of amides is 1. The van der Waals surface area contributed by atoms with Gasteiger partial charge in [-0.05, 0) is 27.7 Å². The summed E-state index contributed by atoms with van der Waals surface area (Å²) in [7, 11) is 0. The van der Waals surface area contributed by atoms with Crippen molar-refractivity contribution in [1.82, 2.24) is 4.90 Å². The van der Waals surface area contributed by atoms with E-state index in [0.29, 0.717) is 0 Å².